The standard InChI is InChI=1S/C11H15BrN4/c1-14-7-9(12)11(13)8-4-5-10(15-6-8)16(2)3/h4-7,13-14H,1-3H3/b9-7+,13-11?. The molecular weight excluding hydrogens is 268 g/mol. The van der Waals surface area contributed by atoms with Crippen molar-refractivity contribution in [1.82, 2.24) is 10.3 Å². The summed E-state index contributed by atoms with van der Waals surface area (Å²) in [5, 5.41) is 10.8. The fraction of sp³-hybridized carbons (Fsp3) is 0.273. The molecule has 0 spiro atoms. The minimum Gasteiger partial charge on any atom is -0.393 e. The minimum atomic E-state index is 0.409. The Morgan fingerprint density at radius 2 is 2.19 bits per heavy atom. The minimum absolute atomic E-state index is 0.409. The van der Waals surface area contributed by atoms with Crippen molar-refractivity contribution in [2.24, 2.45) is 0 Å². The predicted octanol–water partition coefficient (Wildman–Crippen LogP) is 1.97. The van der Waals surface area contributed by atoms with Gasteiger partial charge in [0.1, 0.15) is 5.82 Å². The van der Waals surface area contributed by atoms with Crippen LogP contribution in [0.5, 0.6) is 0 Å². The van der Waals surface area contributed by atoms with E-state index >= 15 is 0 Å². The number of hydrogen-bond donors (Lipinski definition) is 2. The van der Waals surface area contributed by atoms with Gasteiger partial charge in [-0.2, -0.15) is 0 Å². The molecule has 16 heavy (non-hydrogen) atoms. The van der Waals surface area contributed by atoms with Gasteiger partial charge < -0.3 is 10.2 Å². The Morgan fingerprint density at radius 1 is 1.50 bits per heavy atom. The lowest BCUT2D eigenvalue weighted by molar-refractivity contribution is 1.07. The molecule has 0 saturated heterocycles. The lowest BCUT2D eigenvalue weighted by atomic mass is 10.2. The lowest BCUT2D eigenvalue weighted by Gasteiger charge is -2.11. The van der Waals surface area contributed by atoms with Gasteiger partial charge in [0.15, 0.2) is 0 Å². The number of nitrogens with zero attached hydrogens (tertiary/aromatic N) is 2. The Bertz CT molecular complexity index is 395. The third kappa shape index (κ3) is 3.06. The molecule has 0 aliphatic rings. The smallest absolute Gasteiger partial charge is 0.127 e. The van der Waals surface area contributed by atoms with Gasteiger partial charge in [-0.3, -0.25) is 5.41 Å². The number of allylic oxidation sites excluding steroid dienone is 1. The van der Waals surface area contributed by atoms with Crippen molar-refractivity contribution >= 4 is 27.5 Å². The molecule has 1 rings (SSSR count). The molecule has 0 radical (unpaired) electrons. The van der Waals surface area contributed by atoms with Gasteiger partial charge in [0, 0.05) is 39.1 Å². The molecule has 0 bridgehead atoms. The van der Waals surface area contributed by atoms with Crippen LogP contribution in [-0.2, 0) is 0 Å². The van der Waals surface area contributed by atoms with Crippen LogP contribution in [-0.4, -0.2) is 31.8 Å². The third-order valence-electron chi connectivity index (χ3n) is 2.00. The molecular formula is C11H15BrN4. The molecule has 0 saturated carbocycles. The Morgan fingerprint density at radius 3 is 2.62 bits per heavy atom. The number of pyridine rings is 1. The quantitative estimate of drug-likeness (QED) is 0.831. The van der Waals surface area contributed by atoms with E-state index in [0.717, 1.165) is 11.4 Å². The Labute approximate surface area is 104 Å². The van der Waals surface area contributed by atoms with Crippen LogP contribution in [0.4, 0.5) is 5.82 Å². The van der Waals surface area contributed by atoms with E-state index in [2.05, 4.69) is 26.2 Å². The average molecular weight is 283 g/mol. The maximum Gasteiger partial charge on any atom is 0.127 e. The van der Waals surface area contributed by atoms with Gasteiger partial charge in [-0.05, 0) is 28.1 Å². The molecule has 86 valence electrons. The second kappa shape index (κ2) is 5.65. The monoisotopic (exact) mass is 282 g/mol. The molecule has 0 aromatic carbocycles. The normalized spacial score (nSPS) is 11.1. The first kappa shape index (κ1) is 12.7. The van der Waals surface area contributed by atoms with Crippen LogP contribution in [0, 0.1) is 5.41 Å². The van der Waals surface area contributed by atoms with E-state index in [1.807, 2.05) is 31.1 Å². The first-order valence-electron chi connectivity index (χ1n) is 4.82. The predicted molar refractivity (Wildman–Crippen MR) is 71.5 cm³/mol. The molecule has 1 aromatic heterocycles. The van der Waals surface area contributed by atoms with Gasteiger partial charge >= 0.3 is 0 Å². The number of halogens is 1. The van der Waals surface area contributed by atoms with Crippen molar-refractivity contribution in [2.45, 2.75) is 0 Å². The van der Waals surface area contributed by atoms with Crippen LogP contribution in [0.15, 0.2) is 29.0 Å². The Hall–Kier alpha value is -1.36. The Kier molecular flexibility index (Phi) is 4.49. The summed E-state index contributed by atoms with van der Waals surface area (Å²) in [7, 11) is 5.66. The lowest BCUT2D eigenvalue weighted by Crippen LogP contribution is -2.11. The van der Waals surface area contributed by atoms with Gasteiger partial charge in [0.2, 0.25) is 0 Å². The summed E-state index contributed by atoms with van der Waals surface area (Å²) in [5.41, 5.74) is 1.19. The van der Waals surface area contributed by atoms with E-state index in [-0.39, 0.29) is 0 Å². The Balaban J connectivity index is 2.90. The van der Waals surface area contributed by atoms with Crippen molar-refractivity contribution in [1.29, 1.82) is 5.41 Å². The highest BCUT2D eigenvalue weighted by Crippen LogP contribution is 2.14. The topological polar surface area (TPSA) is 52.0 Å². The summed E-state index contributed by atoms with van der Waals surface area (Å²) in [6, 6.07) is 3.78. The van der Waals surface area contributed by atoms with Crippen LogP contribution in [0.25, 0.3) is 0 Å². The molecule has 0 aliphatic carbocycles. The van der Waals surface area contributed by atoms with Crippen LogP contribution in [0.1, 0.15) is 5.56 Å². The van der Waals surface area contributed by atoms with Crippen LogP contribution < -0.4 is 10.2 Å². The number of rotatable bonds is 4. The van der Waals surface area contributed by atoms with Gasteiger partial charge in [-0.15, -0.1) is 0 Å². The molecule has 0 unspecified atom stereocenters. The average Bonchev–Trinajstić information content (AvgIpc) is 2.28. The second-order valence-corrected chi connectivity index (χ2v) is 4.31. The first-order valence-corrected chi connectivity index (χ1v) is 5.61. The number of aromatic nitrogens is 1. The van der Waals surface area contributed by atoms with E-state index in [0.29, 0.717) is 10.2 Å². The second-order valence-electron chi connectivity index (χ2n) is 3.46. The fourth-order valence-electron chi connectivity index (χ4n) is 1.14. The zero-order valence-electron chi connectivity index (χ0n) is 9.58. The SMILES string of the molecule is CN/C=C(/Br)C(=N)c1ccc(N(C)C)nc1. The van der Waals surface area contributed by atoms with Crippen molar-refractivity contribution in [3.63, 3.8) is 0 Å². The summed E-state index contributed by atoms with van der Waals surface area (Å²) < 4.78 is 0.703. The summed E-state index contributed by atoms with van der Waals surface area (Å²) in [4.78, 5) is 6.18. The first-order chi connectivity index (χ1) is 7.56. The maximum absolute atomic E-state index is 7.91. The van der Waals surface area contributed by atoms with Gasteiger partial charge in [0.25, 0.3) is 0 Å². The largest absolute Gasteiger partial charge is 0.393 e. The third-order valence-corrected chi connectivity index (χ3v) is 2.63. The highest BCUT2D eigenvalue weighted by molar-refractivity contribution is 9.12. The van der Waals surface area contributed by atoms with Crippen molar-refractivity contribution in [2.75, 3.05) is 26.0 Å². The van der Waals surface area contributed by atoms with Gasteiger partial charge in [-0.25, -0.2) is 4.98 Å². The van der Waals surface area contributed by atoms with Crippen molar-refractivity contribution in [3.8, 4) is 0 Å². The number of nitrogens with one attached hydrogen (secondary N) is 2. The van der Waals surface area contributed by atoms with Crippen LogP contribution in [0.3, 0.4) is 0 Å². The van der Waals surface area contributed by atoms with Crippen LogP contribution in [0.2, 0.25) is 0 Å². The molecule has 1 aromatic rings. The van der Waals surface area contributed by atoms with Crippen LogP contribution >= 0.6 is 15.9 Å². The summed E-state index contributed by atoms with van der Waals surface area (Å²) >= 11 is 3.32. The fourth-order valence-corrected chi connectivity index (χ4v) is 1.59. The zero-order chi connectivity index (χ0) is 12.1. The molecule has 5 heteroatoms. The number of anilines is 1. The van der Waals surface area contributed by atoms with E-state index in [1.54, 1.807) is 19.4 Å². The molecule has 1 heterocycles. The van der Waals surface area contributed by atoms with Gasteiger partial charge in [-0.1, -0.05) is 0 Å². The van der Waals surface area contributed by atoms with E-state index in [4.69, 9.17) is 5.41 Å². The zero-order valence-corrected chi connectivity index (χ0v) is 11.2. The van der Waals surface area contributed by atoms with Gasteiger partial charge in [0.05, 0.1) is 10.2 Å². The maximum atomic E-state index is 7.91. The summed E-state index contributed by atoms with van der Waals surface area (Å²) in [6.07, 6.45) is 3.42. The van der Waals surface area contributed by atoms with Crippen molar-refractivity contribution < 1.29 is 0 Å². The van der Waals surface area contributed by atoms with E-state index in [1.165, 1.54) is 0 Å². The van der Waals surface area contributed by atoms with E-state index < -0.39 is 0 Å². The molecule has 0 atom stereocenters. The summed E-state index contributed by atoms with van der Waals surface area (Å²) in [6.45, 7) is 0. The molecule has 2 N–H and O–H groups in total. The van der Waals surface area contributed by atoms with E-state index in [9.17, 15) is 0 Å². The molecule has 4 nitrogen and oxygen atoms in total. The van der Waals surface area contributed by atoms with Crippen molar-refractivity contribution in [3.05, 3.63) is 34.6 Å². The highest BCUT2D eigenvalue weighted by Gasteiger charge is 2.06. The molecule has 0 aliphatic heterocycles. The molecule has 0 amide bonds. The highest BCUT2D eigenvalue weighted by atomic mass is 79.9. The number of hydrogen-bond acceptors (Lipinski definition) is 4. The molecule has 0 fully saturated rings. The summed E-state index contributed by atoms with van der Waals surface area (Å²) in [5.74, 6) is 0.880.